The molecule has 2 amide bonds. The van der Waals surface area contributed by atoms with Gasteiger partial charge >= 0.3 is 0 Å². The molecule has 1 aromatic carbocycles. The summed E-state index contributed by atoms with van der Waals surface area (Å²) in [5.41, 5.74) is 3.24. The van der Waals surface area contributed by atoms with Gasteiger partial charge in [0.2, 0.25) is 11.8 Å². The van der Waals surface area contributed by atoms with E-state index in [0.29, 0.717) is 13.1 Å². The minimum absolute atomic E-state index is 0.00457. The van der Waals surface area contributed by atoms with Gasteiger partial charge in [-0.15, -0.1) is 0 Å². The van der Waals surface area contributed by atoms with Gasteiger partial charge in [0.05, 0.1) is 0 Å². The van der Waals surface area contributed by atoms with E-state index in [9.17, 15) is 9.59 Å². The largest absolute Gasteiger partial charge is 0.342 e. The van der Waals surface area contributed by atoms with Crippen LogP contribution in [0.25, 0.3) is 0 Å². The molecule has 1 heterocycles. The molecular weight excluding hydrogens is 312 g/mol. The molecule has 0 saturated carbocycles. The molecule has 1 saturated heterocycles. The molecule has 1 aliphatic heterocycles. The summed E-state index contributed by atoms with van der Waals surface area (Å²) in [6.45, 7) is 9.67. The Hall–Kier alpha value is -1.84. The lowest BCUT2D eigenvalue weighted by Gasteiger charge is -2.33. The molecule has 0 bridgehead atoms. The highest BCUT2D eigenvalue weighted by molar-refractivity contribution is 5.94. The van der Waals surface area contributed by atoms with Gasteiger partial charge in [0.25, 0.3) is 0 Å². The summed E-state index contributed by atoms with van der Waals surface area (Å²) in [6.07, 6.45) is 4.20. The molecule has 1 fully saturated rings. The molecule has 4 heteroatoms. The van der Waals surface area contributed by atoms with Crippen molar-refractivity contribution >= 4 is 17.5 Å². The number of aryl methyl sites for hydroxylation is 2. The number of rotatable bonds is 6. The first-order valence-electron chi connectivity index (χ1n) is 9.69. The van der Waals surface area contributed by atoms with Gasteiger partial charge in [-0.05, 0) is 50.2 Å². The van der Waals surface area contributed by atoms with E-state index in [1.807, 2.05) is 24.0 Å². The van der Waals surface area contributed by atoms with Crippen molar-refractivity contribution < 1.29 is 9.59 Å². The average molecular weight is 344 g/mol. The Bertz CT molecular complexity index is 600. The topological polar surface area (TPSA) is 49.4 Å². The number of nitrogens with zero attached hydrogens (tertiary/aromatic N) is 1. The summed E-state index contributed by atoms with van der Waals surface area (Å²) >= 11 is 0. The number of carbonyl (C=O) groups is 2. The van der Waals surface area contributed by atoms with Gasteiger partial charge in [-0.2, -0.15) is 0 Å². The second-order valence-corrected chi connectivity index (χ2v) is 7.06. The predicted molar refractivity (Wildman–Crippen MR) is 103 cm³/mol. The lowest BCUT2D eigenvalue weighted by molar-refractivity contribution is -0.138. The second kappa shape index (κ2) is 9.02. The van der Waals surface area contributed by atoms with Crippen molar-refractivity contribution in [2.75, 3.05) is 18.4 Å². The molecular formula is C21H32N2O2. The van der Waals surface area contributed by atoms with Gasteiger partial charge in [0.15, 0.2) is 0 Å². The summed E-state index contributed by atoms with van der Waals surface area (Å²) in [6, 6.07) is 6.14. The number of likely N-dealkylation sites (tertiary alicyclic amines) is 1. The molecule has 0 radical (unpaired) electrons. The first kappa shape index (κ1) is 19.5. The Balaban J connectivity index is 1.95. The third-order valence-electron chi connectivity index (χ3n) is 5.50. The van der Waals surface area contributed by atoms with Crippen molar-refractivity contribution in [1.82, 2.24) is 4.90 Å². The third kappa shape index (κ3) is 4.62. The van der Waals surface area contributed by atoms with Crippen LogP contribution in [0.5, 0.6) is 0 Å². The lowest BCUT2D eigenvalue weighted by Crippen LogP contribution is -2.43. The summed E-state index contributed by atoms with van der Waals surface area (Å²) < 4.78 is 0. The number of hydrogen-bond donors (Lipinski definition) is 1. The number of para-hydroxylation sites is 1. The van der Waals surface area contributed by atoms with Crippen LogP contribution in [0.1, 0.15) is 57.6 Å². The second-order valence-electron chi connectivity index (χ2n) is 7.06. The zero-order valence-corrected chi connectivity index (χ0v) is 16.1. The summed E-state index contributed by atoms with van der Waals surface area (Å²) in [4.78, 5) is 27.1. The van der Waals surface area contributed by atoms with Gasteiger partial charge in [0.1, 0.15) is 0 Å². The van der Waals surface area contributed by atoms with Crippen LogP contribution in [-0.4, -0.2) is 29.8 Å². The quantitative estimate of drug-likeness (QED) is 0.842. The van der Waals surface area contributed by atoms with Gasteiger partial charge in [0, 0.05) is 30.6 Å². The first-order chi connectivity index (χ1) is 12.0. The Morgan fingerprint density at radius 3 is 2.36 bits per heavy atom. The smallest absolute Gasteiger partial charge is 0.227 e. The van der Waals surface area contributed by atoms with Crippen LogP contribution in [0.15, 0.2) is 18.2 Å². The number of amides is 2. The number of hydrogen-bond acceptors (Lipinski definition) is 2. The number of benzene rings is 1. The molecule has 138 valence electrons. The van der Waals surface area contributed by atoms with Crippen LogP contribution in [0.3, 0.4) is 0 Å². The van der Waals surface area contributed by atoms with Crippen LogP contribution in [-0.2, 0) is 16.0 Å². The molecule has 25 heavy (non-hydrogen) atoms. The normalized spacial score (nSPS) is 15.5. The van der Waals surface area contributed by atoms with Crippen LogP contribution in [0, 0.1) is 18.8 Å². The van der Waals surface area contributed by atoms with Crippen molar-refractivity contribution in [3.8, 4) is 0 Å². The minimum atomic E-state index is -0.00457. The number of nitrogens with one attached hydrogen (secondary N) is 1. The zero-order valence-electron chi connectivity index (χ0n) is 16.1. The molecule has 0 atom stereocenters. The van der Waals surface area contributed by atoms with Gasteiger partial charge < -0.3 is 10.2 Å². The van der Waals surface area contributed by atoms with Crippen molar-refractivity contribution in [2.24, 2.45) is 11.8 Å². The van der Waals surface area contributed by atoms with Gasteiger partial charge in [-0.1, -0.05) is 39.0 Å². The number of anilines is 1. The molecule has 0 unspecified atom stereocenters. The minimum Gasteiger partial charge on any atom is -0.342 e. The Morgan fingerprint density at radius 1 is 1.16 bits per heavy atom. The van der Waals surface area contributed by atoms with Gasteiger partial charge in [-0.3, -0.25) is 9.59 Å². The third-order valence-corrected chi connectivity index (χ3v) is 5.50. The van der Waals surface area contributed by atoms with Crippen LogP contribution >= 0.6 is 0 Å². The highest BCUT2D eigenvalue weighted by Crippen LogP contribution is 2.25. The standard InChI is InChI=1S/C21H32N2O2/c1-5-16(6-2)21(25)23-13-11-18(12-14-23)20(24)22-19-15(4)9-8-10-17(19)7-3/h8-10,16,18H,5-7,11-14H2,1-4H3,(H,22,24). The van der Waals surface area contributed by atoms with E-state index in [1.165, 1.54) is 5.56 Å². The molecule has 0 aliphatic carbocycles. The van der Waals surface area contributed by atoms with Crippen molar-refractivity contribution in [3.05, 3.63) is 29.3 Å². The first-order valence-corrected chi connectivity index (χ1v) is 9.69. The van der Waals surface area contributed by atoms with E-state index in [2.05, 4.69) is 32.2 Å². The molecule has 4 nitrogen and oxygen atoms in total. The molecule has 1 aliphatic rings. The fraction of sp³-hybridized carbons (Fsp3) is 0.619. The highest BCUT2D eigenvalue weighted by Gasteiger charge is 2.29. The van der Waals surface area contributed by atoms with Crippen molar-refractivity contribution in [1.29, 1.82) is 0 Å². The lowest BCUT2D eigenvalue weighted by atomic mass is 9.93. The summed E-state index contributed by atoms with van der Waals surface area (Å²) in [5.74, 6) is 0.481. The maximum absolute atomic E-state index is 12.7. The van der Waals surface area contributed by atoms with Crippen LogP contribution in [0.4, 0.5) is 5.69 Å². The molecule has 0 spiro atoms. The molecule has 0 aromatic heterocycles. The predicted octanol–water partition coefficient (Wildman–Crippen LogP) is 4.17. The van der Waals surface area contributed by atoms with Crippen molar-refractivity contribution in [3.63, 3.8) is 0 Å². The summed E-state index contributed by atoms with van der Waals surface area (Å²) in [5, 5.41) is 3.15. The Kier molecular flexibility index (Phi) is 7.03. The number of carbonyl (C=O) groups excluding carboxylic acids is 2. The Labute approximate surface area is 152 Å². The van der Waals surface area contributed by atoms with E-state index in [1.54, 1.807) is 0 Å². The maximum Gasteiger partial charge on any atom is 0.227 e. The van der Waals surface area contributed by atoms with Crippen molar-refractivity contribution in [2.45, 2.75) is 59.8 Å². The SMILES string of the molecule is CCc1cccc(C)c1NC(=O)C1CCN(C(=O)C(CC)CC)CC1. The van der Waals surface area contributed by atoms with E-state index in [0.717, 1.165) is 43.4 Å². The summed E-state index contributed by atoms with van der Waals surface area (Å²) in [7, 11) is 0. The van der Waals surface area contributed by atoms with E-state index < -0.39 is 0 Å². The fourth-order valence-corrected chi connectivity index (χ4v) is 3.69. The molecule has 1 N–H and O–H groups in total. The van der Waals surface area contributed by atoms with Crippen LogP contribution in [0.2, 0.25) is 0 Å². The zero-order chi connectivity index (χ0) is 18.4. The Morgan fingerprint density at radius 2 is 1.80 bits per heavy atom. The van der Waals surface area contributed by atoms with E-state index >= 15 is 0 Å². The van der Waals surface area contributed by atoms with E-state index in [-0.39, 0.29) is 23.7 Å². The van der Waals surface area contributed by atoms with Crippen LogP contribution < -0.4 is 5.32 Å². The monoisotopic (exact) mass is 344 g/mol. The molecule has 2 rings (SSSR count). The van der Waals surface area contributed by atoms with Gasteiger partial charge in [-0.25, -0.2) is 0 Å². The maximum atomic E-state index is 12.7. The molecule has 1 aromatic rings. The highest BCUT2D eigenvalue weighted by atomic mass is 16.2. The fourth-order valence-electron chi connectivity index (χ4n) is 3.69. The van der Waals surface area contributed by atoms with E-state index in [4.69, 9.17) is 0 Å². The average Bonchev–Trinajstić information content (AvgIpc) is 2.64. The number of piperidine rings is 1.